The van der Waals surface area contributed by atoms with Gasteiger partial charge in [-0.15, -0.1) is 0 Å². The highest BCUT2D eigenvalue weighted by Gasteiger charge is 2.25. The number of carbonyl (C=O) groups excluding carboxylic acids is 3. The summed E-state index contributed by atoms with van der Waals surface area (Å²) in [7, 11) is 0. The van der Waals surface area contributed by atoms with Crippen molar-refractivity contribution in [1.82, 2.24) is 10.6 Å². The van der Waals surface area contributed by atoms with Gasteiger partial charge in [-0.05, 0) is 43.9 Å². The molecule has 170 valence electrons. The molecule has 1 fully saturated rings. The third kappa shape index (κ3) is 11.1. The molecule has 7 heteroatoms. The first-order valence-electron chi connectivity index (χ1n) is 11.3. The first-order valence-corrected chi connectivity index (χ1v) is 11.3. The summed E-state index contributed by atoms with van der Waals surface area (Å²) in [6.07, 6.45) is 11.9. The molecule has 0 saturated heterocycles. The summed E-state index contributed by atoms with van der Waals surface area (Å²) < 4.78 is 5.00. The second kappa shape index (κ2) is 15.7. The molecule has 0 spiro atoms. The van der Waals surface area contributed by atoms with Crippen LogP contribution < -0.4 is 16.4 Å². The van der Waals surface area contributed by atoms with Gasteiger partial charge in [-0.3, -0.25) is 14.4 Å². The smallest absolute Gasteiger partial charge is 0.287 e. The van der Waals surface area contributed by atoms with Crippen molar-refractivity contribution in [3.63, 3.8) is 0 Å². The highest BCUT2D eigenvalue weighted by atomic mass is 16.3. The van der Waals surface area contributed by atoms with Crippen LogP contribution in [0.3, 0.4) is 0 Å². The summed E-state index contributed by atoms with van der Waals surface area (Å²) in [5.74, 6) is 0.161. The number of primary amides is 1. The molecule has 2 rings (SSSR count). The van der Waals surface area contributed by atoms with Crippen molar-refractivity contribution in [2.45, 2.75) is 84.1 Å². The van der Waals surface area contributed by atoms with E-state index >= 15 is 0 Å². The van der Waals surface area contributed by atoms with E-state index in [2.05, 4.69) is 24.5 Å². The van der Waals surface area contributed by atoms with Gasteiger partial charge in [-0.2, -0.15) is 0 Å². The van der Waals surface area contributed by atoms with Crippen LogP contribution in [0.1, 0.15) is 88.6 Å². The second-order valence-corrected chi connectivity index (χ2v) is 7.96. The van der Waals surface area contributed by atoms with E-state index in [1.54, 1.807) is 12.1 Å². The molecule has 2 amide bonds. The molecule has 1 saturated carbocycles. The highest BCUT2D eigenvalue weighted by Crippen LogP contribution is 2.27. The van der Waals surface area contributed by atoms with E-state index in [1.807, 2.05) is 0 Å². The summed E-state index contributed by atoms with van der Waals surface area (Å²) in [6, 6.07) is 2.59. The summed E-state index contributed by atoms with van der Waals surface area (Å²) in [5.41, 5.74) is 5.37. The number of furan rings is 1. The minimum atomic E-state index is -0.610. The minimum absolute atomic E-state index is 0.204. The molecular formula is C23H39N3O4. The van der Waals surface area contributed by atoms with Gasteiger partial charge in [-0.1, -0.05) is 52.4 Å². The zero-order valence-electron chi connectivity index (χ0n) is 18.6. The van der Waals surface area contributed by atoms with Gasteiger partial charge in [0.05, 0.1) is 12.8 Å². The molecule has 7 nitrogen and oxygen atoms in total. The van der Waals surface area contributed by atoms with E-state index in [0.717, 1.165) is 45.1 Å². The Kier molecular flexibility index (Phi) is 13.5. The average molecular weight is 422 g/mol. The van der Waals surface area contributed by atoms with E-state index in [-0.39, 0.29) is 11.7 Å². The minimum Gasteiger partial charge on any atom is -0.459 e. The lowest BCUT2D eigenvalue weighted by molar-refractivity contribution is -0.120. The predicted molar refractivity (Wildman–Crippen MR) is 118 cm³/mol. The molecule has 1 aromatic heterocycles. The highest BCUT2D eigenvalue weighted by molar-refractivity contribution is 5.95. The zero-order valence-corrected chi connectivity index (χ0v) is 18.6. The number of unbranched alkanes of at least 4 members (excludes halogenated alkanes) is 1. The summed E-state index contributed by atoms with van der Waals surface area (Å²) in [5, 5.41) is 5.75. The molecule has 0 aromatic carbocycles. The standard InChI is InChI=1S/C14H20N2O3.C9H19NO/c15-13(17)11(9-10-5-2-1-3-6-10)16-14(18)12-7-4-8-19-12;1-3-5-6-9(11)8-10-7-4-2/h4,7-8,10-11H,1-3,5-6,9H2,(H2,15,17)(H,16,18);10H,3-8H2,1-2H3. The average Bonchev–Trinajstić information content (AvgIpc) is 3.28. The second-order valence-electron chi connectivity index (χ2n) is 7.96. The van der Waals surface area contributed by atoms with Crippen LogP contribution in [0.4, 0.5) is 0 Å². The number of ketones is 1. The van der Waals surface area contributed by atoms with Crippen molar-refractivity contribution in [2.75, 3.05) is 13.1 Å². The third-order valence-electron chi connectivity index (χ3n) is 5.25. The van der Waals surface area contributed by atoms with Crippen LogP contribution in [0.15, 0.2) is 22.8 Å². The molecule has 0 aliphatic heterocycles. The molecule has 1 unspecified atom stereocenters. The van der Waals surface area contributed by atoms with Gasteiger partial charge in [-0.25, -0.2) is 0 Å². The number of nitrogens with one attached hydrogen (secondary N) is 2. The normalized spacial score (nSPS) is 15.0. The number of hydrogen-bond acceptors (Lipinski definition) is 5. The number of Topliss-reactive ketones (excluding diaryl/α,β-unsaturated/α-hetero) is 1. The molecule has 4 N–H and O–H groups in total. The maximum atomic E-state index is 11.8. The fraction of sp³-hybridized carbons (Fsp3) is 0.696. The van der Waals surface area contributed by atoms with Crippen LogP contribution >= 0.6 is 0 Å². The van der Waals surface area contributed by atoms with Crippen LogP contribution in [-0.2, 0) is 9.59 Å². The predicted octanol–water partition coefficient (Wildman–Crippen LogP) is 3.58. The van der Waals surface area contributed by atoms with Crippen molar-refractivity contribution in [2.24, 2.45) is 11.7 Å². The molecule has 1 aliphatic carbocycles. The quantitative estimate of drug-likeness (QED) is 0.446. The van der Waals surface area contributed by atoms with E-state index in [0.29, 0.717) is 24.7 Å². The van der Waals surface area contributed by atoms with Crippen molar-refractivity contribution in [1.29, 1.82) is 0 Å². The van der Waals surface area contributed by atoms with Gasteiger partial charge < -0.3 is 20.8 Å². The summed E-state index contributed by atoms with van der Waals surface area (Å²) in [4.78, 5) is 34.3. The lowest BCUT2D eigenvalue weighted by Crippen LogP contribution is -2.45. The number of hydrogen-bond donors (Lipinski definition) is 3. The number of amides is 2. The van der Waals surface area contributed by atoms with Crippen LogP contribution in [0.5, 0.6) is 0 Å². The summed E-state index contributed by atoms with van der Waals surface area (Å²) in [6.45, 7) is 5.72. The molecule has 30 heavy (non-hydrogen) atoms. The Morgan fingerprint density at radius 1 is 1.17 bits per heavy atom. The van der Waals surface area contributed by atoms with E-state index in [9.17, 15) is 14.4 Å². The largest absolute Gasteiger partial charge is 0.459 e. The number of carbonyl (C=O) groups is 3. The van der Waals surface area contributed by atoms with Crippen molar-refractivity contribution in [3.8, 4) is 0 Å². The van der Waals surface area contributed by atoms with Crippen molar-refractivity contribution >= 4 is 17.6 Å². The van der Waals surface area contributed by atoms with Gasteiger partial charge in [0, 0.05) is 6.42 Å². The van der Waals surface area contributed by atoms with Gasteiger partial charge >= 0.3 is 0 Å². The van der Waals surface area contributed by atoms with E-state index < -0.39 is 11.9 Å². The molecule has 1 atom stereocenters. The van der Waals surface area contributed by atoms with Gasteiger partial charge in [0.2, 0.25) is 5.91 Å². The Morgan fingerprint density at radius 3 is 2.47 bits per heavy atom. The Bertz CT molecular complexity index is 610. The lowest BCUT2D eigenvalue weighted by atomic mass is 9.84. The first-order chi connectivity index (χ1) is 14.5. The van der Waals surface area contributed by atoms with Crippen LogP contribution in [0.2, 0.25) is 0 Å². The Morgan fingerprint density at radius 2 is 1.90 bits per heavy atom. The molecule has 1 heterocycles. The molecular weight excluding hydrogens is 382 g/mol. The fourth-order valence-electron chi connectivity index (χ4n) is 3.51. The van der Waals surface area contributed by atoms with E-state index in [4.69, 9.17) is 10.2 Å². The maximum absolute atomic E-state index is 11.8. The molecule has 0 radical (unpaired) electrons. The Labute approximate surface area is 180 Å². The molecule has 0 bridgehead atoms. The van der Waals surface area contributed by atoms with Gasteiger partial charge in [0.15, 0.2) is 5.76 Å². The van der Waals surface area contributed by atoms with E-state index in [1.165, 1.54) is 25.5 Å². The Hall–Kier alpha value is -2.15. The fourth-order valence-corrected chi connectivity index (χ4v) is 3.51. The number of rotatable bonds is 12. The molecule has 1 aromatic rings. The summed E-state index contributed by atoms with van der Waals surface area (Å²) >= 11 is 0. The first kappa shape index (κ1) is 25.9. The van der Waals surface area contributed by atoms with Gasteiger partial charge in [0.1, 0.15) is 11.8 Å². The Balaban J connectivity index is 0.000000352. The third-order valence-corrected chi connectivity index (χ3v) is 5.25. The maximum Gasteiger partial charge on any atom is 0.287 e. The topological polar surface area (TPSA) is 114 Å². The number of nitrogens with two attached hydrogens (primary N) is 1. The monoisotopic (exact) mass is 421 g/mol. The molecule has 1 aliphatic rings. The van der Waals surface area contributed by atoms with Crippen molar-refractivity contribution < 1.29 is 18.8 Å². The van der Waals surface area contributed by atoms with Crippen LogP contribution in [-0.4, -0.2) is 36.7 Å². The SMILES string of the molecule is CCCCC(=O)CNCCC.NC(=O)C(CC1CCCCC1)NC(=O)c1ccco1. The van der Waals surface area contributed by atoms with Gasteiger partial charge in [0.25, 0.3) is 5.91 Å². The zero-order chi connectivity index (χ0) is 22.2. The lowest BCUT2D eigenvalue weighted by Gasteiger charge is -2.25. The van der Waals surface area contributed by atoms with Crippen LogP contribution in [0, 0.1) is 5.92 Å². The van der Waals surface area contributed by atoms with Crippen LogP contribution in [0.25, 0.3) is 0 Å². The van der Waals surface area contributed by atoms with Crippen molar-refractivity contribution in [3.05, 3.63) is 24.2 Å².